The summed E-state index contributed by atoms with van der Waals surface area (Å²) in [5, 5.41) is 0. The van der Waals surface area contributed by atoms with Crippen LogP contribution in [-0.4, -0.2) is 48.9 Å². The molecule has 2 N–H and O–H groups in total. The van der Waals surface area contributed by atoms with E-state index in [0.29, 0.717) is 18.4 Å². The van der Waals surface area contributed by atoms with Crippen molar-refractivity contribution in [3.8, 4) is 0 Å². The molecular formula is C15H17N3O6S. The molecule has 3 rings (SSSR count). The standard InChI is InChI=1S/C15H17N3O6S/c1-24-15(21)9-4-6-18(7-5-9)25(22,23)10-2-3-11-12(8-10)17-14(20)13(19)16-11/h2-3,8-9H,4-7H2,1H3,(H,16,19)(H,17,20). The lowest BCUT2D eigenvalue weighted by Crippen LogP contribution is -2.40. The molecule has 25 heavy (non-hydrogen) atoms. The Labute approximate surface area is 142 Å². The van der Waals surface area contributed by atoms with Gasteiger partial charge >= 0.3 is 17.1 Å². The predicted molar refractivity (Wildman–Crippen MR) is 88.7 cm³/mol. The third-order valence-electron chi connectivity index (χ3n) is 4.32. The fourth-order valence-electron chi connectivity index (χ4n) is 2.90. The van der Waals surface area contributed by atoms with Crippen LogP contribution in [0.2, 0.25) is 0 Å². The largest absolute Gasteiger partial charge is 0.469 e. The average molecular weight is 367 g/mol. The molecule has 0 aliphatic carbocycles. The van der Waals surface area contributed by atoms with Gasteiger partial charge in [0.2, 0.25) is 10.0 Å². The SMILES string of the molecule is COC(=O)C1CCN(S(=O)(=O)c2ccc3[nH]c(=O)c(=O)[nH]c3c2)CC1. The van der Waals surface area contributed by atoms with Crippen molar-refractivity contribution in [1.82, 2.24) is 14.3 Å². The molecule has 10 heteroatoms. The molecular weight excluding hydrogens is 350 g/mol. The first-order valence-electron chi connectivity index (χ1n) is 7.67. The summed E-state index contributed by atoms with van der Waals surface area (Å²) < 4.78 is 31.5. The summed E-state index contributed by atoms with van der Waals surface area (Å²) in [6.45, 7) is 0.421. The number of methoxy groups -OCH3 is 1. The van der Waals surface area contributed by atoms with Crippen LogP contribution in [-0.2, 0) is 19.6 Å². The highest BCUT2D eigenvalue weighted by Gasteiger charge is 2.32. The predicted octanol–water partition coefficient (Wildman–Crippen LogP) is -0.210. The number of aromatic amines is 2. The van der Waals surface area contributed by atoms with Gasteiger partial charge in [-0.25, -0.2) is 8.42 Å². The highest BCUT2D eigenvalue weighted by molar-refractivity contribution is 7.89. The van der Waals surface area contributed by atoms with Crippen LogP contribution in [0.1, 0.15) is 12.8 Å². The maximum absolute atomic E-state index is 12.8. The lowest BCUT2D eigenvalue weighted by atomic mass is 9.99. The number of nitrogens with one attached hydrogen (secondary N) is 2. The van der Waals surface area contributed by atoms with Crippen molar-refractivity contribution in [3.63, 3.8) is 0 Å². The van der Waals surface area contributed by atoms with Crippen LogP contribution in [0.4, 0.5) is 0 Å². The topological polar surface area (TPSA) is 129 Å². The highest BCUT2D eigenvalue weighted by Crippen LogP contribution is 2.25. The molecule has 2 aromatic rings. The minimum atomic E-state index is -3.77. The molecule has 1 aliphatic rings. The molecule has 0 radical (unpaired) electrons. The second kappa shape index (κ2) is 6.45. The fraction of sp³-hybridized carbons (Fsp3) is 0.400. The molecule has 1 fully saturated rings. The van der Waals surface area contributed by atoms with E-state index in [4.69, 9.17) is 4.74 Å². The van der Waals surface area contributed by atoms with Gasteiger partial charge in [-0.05, 0) is 31.0 Å². The lowest BCUT2D eigenvalue weighted by molar-refractivity contribution is -0.146. The Bertz CT molecular complexity index is 1030. The molecule has 9 nitrogen and oxygen atoms in total. The van der Waals surface area contributed by atoms with Crippen LogP contribution in [0.3, 0.4) is 0 Å². The molecule has 1 saturated heterocycles. The monoisotopic (exact) mass is 367 g/mol. The maximum atomic E-state index is 12.8. The van der Waals surface area contributed by atoms with Gasteiger partial charge in [0.25, 0.3) is 0 Å². The van der Waals surface area contributed by atoms with E-state index < -0.39 is 21.1 Å². The van der Waals surface area contributed by atoms with Gasteiger partial charge in [-0.15, -0.1) is 0 Å². The van der Waals surface area contributed by atoms with E-state index in [1.54, 1.807) is 0 Å². The number of hydrogen-bond acceptors (Lipinski definition) is 6. The van der Waals surface area contributed by atoms with E-state index in [1.165, 1.54) is 29.6 Å². The third kappa shape index (κ3) is 3.22. The van der Waals surface area contributed by atoms with Gasteiger partial charge in [-0.2, -0.15) is 4.31 Å². The van der Waals surface area contributed by atoms with Gasteiger partial charge in [0.15, 0.2) is 0 Å². The number of hydrogen-bond donors (Lipinski definition) is 2. The normalized spacial score (nSPS) is 16.8. The second-order valence-electron chi connectivity index (χ2n) is 5.82. The van der Waals surface area contributed by atoms with Crippen molar-refractivity contribution in [1.29, 1.82) is 0 Å². The van der Waals surface area contributed by atoms with E-state index in [-0.39, 0.29) is 35.4 Å². The highest BCUT2D eigenvalue weighted by atomic mass is 32.2. The minimum Gasteiger partial charge on any atom is -0.469 e. The third-order valence-corrected chi connectivity index (χ3v) is 6.21. The average Bonchev–Trinajstić information content (AvgIpc) is 2.61. The van der Waals surface area contributed by atoms with E-state index in [9.17, 15) is 22.8 Å². The van der Waals surface area contributed by atoms with Crippen molar-refractivity contribution in [2.24, 2.45) is 5.92 Å². The first-order chi connectivity index (χ1) is 11.8. The first kappa shape index (κ1) is 17.4. The van der Waals surface area contributed by atoms with Gasteiger partial charge in [-0.3, -0.25) is 14.4 Å². The Hall–Kier alpha value is -2.46. The Morgan fingerprint density at radius 2 is 1.72 bits per heavy atom. The Balaban J connectivity index is 1.89. The van der Waals surface area contributed by atoms with Crippen molar-refractivity contribution in [2.75, 3.05) is 20.2 Å². The number of esters is 1. The van der Waals surface area contributed by atoms with Crippen molar-refractivity contribution in [3.05, 3.63) is 38.9 Å². The number of carbonyl (C=O) groups is 1. The van der Waals surface area contributed by atoms with E-state index in [0.717, 1.165) is 0 Å². The molecule has 0 atom stereocenters. The van der Waals surface area contributed by atoms with Crippen LogP contribution in [0, 0.1) is 5.92 Å². The summed E-state index contributed by atoms with van der Waals surface area (Å²) in [5.41, 5.74) is -1.07. The van der Waals surface area contributed by atoms with Crippen LogP contribution in [0.15, 0.2) is 32.7 Å². The first-order valence-corrected chi connectivity index (χ1v) is 9.11. The smallest absolute Gasteiger partial charge is 0.314 e. The molecule has 0 spiro atoms. The Kier molecular flexibility index (Phi) is 4.48. The number of fused-ring (bicyclic) bond motifs is 1. The number of carbonyl (C=O) groups excluding carboxylic acids is 1. The molecule has 2 heterocycles. The molecule has 0 bridgehead atoms. The number of nitrogens with zero attached hydrogens (tertiary/aromatic N) is 1. The number of rotatable bonds is 3. The van der Waals surface area contributed by atoms with Gasteiger partial charge in [0, 0.05) is 13.1 Å². The molecule has 1 aromatic heterocycles. The zero-order chi connectivity index (χ0) is 18.2. The van der Waals surface area contributed by atoms with Gasteiger partial charge in [-0.1, -0.05) is 0 Å². The lowest BCUT2D eigenvalue weighted by Gasteiger charge is -2.29. The van der Waals surface area contributed by atoms with Gasteiger partial charge < -0.3 is 14.7 Å². The van der Waals surface area contributed by atoms with Crippen LogP contribution >= 0.6 is 0 Å². The zero-order valence-corrected chi connectivity index (χ0v) is 14.3. The zero-order valence-electron chi connectivity index (χ0n) is 13.4. The van der Waals surface area contributed by atoms with E-state index in [1.807, 2.05) is 0 Å². The van der Waals surface area contributed by atoms with Crippen molar-refractivity contribution < 1.29 is 17.9 Å². The molecule has 0 amide bonds. The Morgan fingerprint density at radius 1 is 1.12 bits per heavy atom. The number of piperidine rings is 1. The Morgan fingerprint density at radius 3 is 2.32 bits per heavy atom. The maximum Gasteiger partial charge on any atom is 0.314 e. The minimum absolute atomic E-state index is 0.0132. The molecule has 0 unspecified atom stereocenters. The summed E-state index contributed by atoms with van der Waals surface area (Å²) in [4.78, 5) is 39.0. The number of sulfonamides is 1. The van der Waals surface area contributed by atoms with Crippen LogP contribution < -0.4 is 11.1 Å². The molecule has 0 saturated carbocycles. The summed E-state index contributed by atoms with van der Waals surface area (Å²) in [7, 11) is -2.45. The van der Waals surface area contributed by atoms with Gasteiger partial charge in [0.1, 0.15) is 0 Å². The molecule has 1 aliphatic heterocycles. The number of benzene rings is 1. The quantitative estimate of drug-likeness (QED) is 0.570. The summed E-state index contributed by atoms with van der Waals surface area (Å²) >= 11 is 0. The summed E-state index contributed by atoms with van der Waals surface area (Å²) in [6.07, 6.45) is 0.785. The number of aromatic nitrogens is 2. The molecule has 134 valence electrons. The summed E-state index contributed by atoms with van der Waals surface area (Å²) in [6, 6.07) is 4.12. The van der Waals surface area contributed by atoms with E-state index >= 15 is 0 Å². The van der Waals surface area contributed by atoms with Crippen molar-refractivity contribution in [2.45, 2.75) is 17.7 Å². The molecule has 1 aromatic carbocycles. The van der Waals surface area contributed by atoms with Crippen LogP contribution in [0.5, 0.6) is 0 Å². The van der Waals surface area contributed by atoms with Gasteiger partial charge in [0.05, 0.1) is 29.0 Å². The number of ether oxygens (including phenoxy) is 1. The van der Waals surface area contributed by atoms with E-state index in [2.05, 4.69) is 9.97 Å². The second-order valence-corrected chi connectivity index (χ2v) is 7.76. The van der Waals surface area contributed by atoms with Crippen LogP contribution in [0.25, 0.3) is 11.0 Å². The fourth-order valence-corrected chi connectivity index (χ4v) is 4.40. The summed E-state index contributed by atoms with van der Waals surface area (Å²) in [5.74, 6) is -0.626. The number of H-pyrrole nitrogens is 2. The van der Waals surface area contributed by atoms with Crippen molar-refractivity contribution >= 4 is 27.0 Å².